The topological polar surface area (TPSA) is 67.2 Å². The summed E-state index contributed by atoms with van der Waals surface area (Å²) in [5.74, 6) is 2.02. The summed E-state index contributed by atoms with van der Waals surface area (Å²) in [5, 5.41) is 4.22. The first-order valence-electron chi connectivity index (χ1n) is 8.67. The molecule has 4 heterocycles. The molecule has 2 aliphatic rings. The number of hydrogen-bond donors (Lipinski definition) is 0. The maximum absolute atomic E-state index is 12.7. The molecule has 2 aromatic heterocycles. The molecule has 2 saturated heterocycles. The van der Waals surface area contributed by atoms with E-state index in [0.717, 1.165) is 63.5 Å². The van der Waals surface area contributed by atoms with Crippen molar-refractivity contribution >= 4 is 11.7 Å². The molecule has 4 rings (SSSR count). The Morgan fingerprint density at radius 3 is 2.71 bits per heavy atom. The number of nitrogens with zero attached hydrogens (tertiary/aromatic N) is 6. The van der Waals surface area contributed by atoms with E-state index in [1.165, 1.54) is 0 Å². The molecule has 2 aliphatic heterocycles. The van der Waals surface area contributed by atoms with E-state index in [1.807, 2.05) is 23.2 Å². The van der Waals surface area contributed by atoms with Gasteiger partial charge in [0, 0.05) is 44.6 Å². The number of carbonyl (C=O) groups excluding carboxylic acids is 1. The fourth-order valence-corrected chi connectivity index (χ4v) is 3.62. The monoisotopic (exact) mass is 326 g/mol. The Bertz CT molecular complexity index is 695. The van der Waals surface area contributed by atoms with Gasteiger partial charge in [0.2, 0.25) is 5.91 Å². The smallest absolute Gasteiger partial charge is 0.227 e. The van der Waals surface area contributed by atoms with Gasteiger partial charge in [0.05, 0.1) is 5.92 Å². The van der Waals surface area contributed by atoms with Gasteiger partial charge in [0.15, 0.2) is 5.82 Å². The van der Waals surface area contributed by atoms with Crippen LogP contribution in [0.5, 0.6) is 0 Å². The molecular formula is C17H22N6O. The molecule has 2 fully saturated rings. The highest BCUT2D eigenvalue weighted by Gasteiger charge is 2.31. The quantitative estimate of drug-likeness (QED) is 0.855. The average molecular weight is 326 g/mol. The third-order valence-corrected chi connectivity index (χ3v) is 4.89. The number of piperidine rings is 1. The van der Waals surface area contributed by atoms with E-state index < -0.39 is 0 Å². The number of amides is 1. The van der Waals surface area contributed by atoms with Crippen LogP contribution in [-0.4, -0.2) is 56.7 Å². The lowest BCUT2D eigenvalue weighted by Crippen LogP contribution is -2.44. The minimum absolute atomic E-state index is 0.0833. The Morgan fingerprint density at radius 1 is 1.08 bits per heavy atom. The summed E-state index contributed by atoms with van der Waals surface area (Å²) >= 11 is 0. The van der Waals surface area contributed by atoms with E-state index in [4.69, 9.17) is 0 Å². The Balaban J connectivity index is 1.50. The van der Waals surface area contributed by atoms with Gasteiger partial charge in [-0.1, -0.05) is 0 Å². The maximum Gasteiger partial charge on any atom is 0.227 e. The van der Waals surface area contributed by atoms with E-state index in [-0.39, 0.29) is 5.92 Å². The Morgan fingerprint density at radius 2 is 1.92 bits per heavy atom. The molecule has 0 N–H and O–H groups in total. The number of likely N-dealkylation sites (tertiary alicyclic amines) is 1. The average Bonchev–Trinajstić information content (AvgIpc) is 3.35. The van der Waals surface area contributed by atoms with Gasteiger partial charge in [0.25, 0.3) is 0 Å². The van der Waals surface area contributed by atoms with Crippen molar-refractivity contribution in [2.45, 2.75) is 25.7 Å². The highest BCUT2D eigenvalue weighted by Crippen LogP contribution is 2.25. The molecule has 0 saturated carbocycles. The van der Waals surface area contributed by atoms with Crippen molar-refractivity contribution in [2.24, 2.45) is 5.92 Å². The molecule has 126 valence electrons. The van der Waals surface area contributed by atoms with Crippen LogP contribution in [0.1, 0.15) is 25.7 Å². The van der Waals surface area contributed by atoms with Crippen LogP contribution >= 0.6 is 0 Å². The fraction of sp³-hybridized carbons (Fsp3) is 0.529. The minimum Gasteiger partial charge on any atom is -0.356 e. The first-order valence-corrected chi connectivity index (χ1v) is 8.67. The van der Waals surface area contributed by atoms with Crippen molar-refractivity contribution < 1.29 is 4.79 Å². The highest BCUT2D eigenvalue weighted by atomic mass is 16.2. The van der Waals surface area contributed by atoms with E-state index in [1.54, 1.807) is 17.2 Å². The van der Waals surface area contributed by atoms with Crippen molar-refractivity contribution in [1.29, 1.82) is 0 Å². The molecule has 0 aliphatic carbocycles. The molecule has 7 heteroatoms. The largest absolute Gasteiger partial charge is 0.356 e. The first kappa shape index (κ1) is 15.1. The Kier molecular flexibility index (Phi) is 4.15. The van der Waals surface area contributed by atoms with Gasteiger partial charge in [-0.25, -0.2) is 14.6 Å². The van der Waals surface area contributed by atoms with Crippen molar-refractivity contribution in [3.8, 4) is 5.82 Å². The zero-order valence-electron chi connectivity index (χ0n) is 13.7. The molecule has 24 heavy (non-hydrogen) atoms. The van der Waals surface area contributed by atoms with Crippen molar-refractivity contribution in [3.05, 3.63) is 30.9 Å². The molecule has 1 amide bonds. The molecular weight excluding hydrogens is 304 g/mol. The summed E-state index contributed by atoms with van der Waals surface area (Å²) in [6.45, 7) is 3.52. The van der Waals surface area contributed by atoms with Gasteiger partial charge in [-0.3, -0.25) is 4.79 Å². The third kappa shape index (κ3) is 2.98. The van der Waals surface area contributed by atoms with Gasteiger partial charge < -0.3 is 9.80 Å². The Labute approximate surface area is 141 Å². The van der Waals surface area contributed by atoms with Gasteiger partial charge >= 0.3 is 0 Å². The normalized spacial score (nSPS) is 21.2. The zero-order chi connectivity index (χ0) is 16.4. The number of anilines is 1. The molecule has 0 bridgehead atoms. The van der Waals surface area contributed by atoms with Gasteiger partial charge in [-0.05, 0) is 31.7 Å². The molecule has 0 radical (unpaired) electrons. The van der Waals surface area contributed by atoms with E-state index in [2.05, 4.69) is 20.0 Å². The zero-order valence-corrected chi connectivity index (χ0v) is 13.7. The van der Waals surface area contributed by atoms with E-state index in [9.17, 15) is 4.79 Å². The Hall–Kier alpha value is -2.44. The number of carbonyl (C=O) groups is 1. The van der Waals surface area contributed by atoms with Gasteiger partial charge in [-0.15, -0.1) is 0 Å². The van der Waals surface area contributed by atoms with Crippen molar-refractivity contribution in [3.63, 3.8) is 0 Å². The first-order chi connectivity index (χ1) is 11.8. The second kappa shape index (κ2) is 6.59. The lowest BCUT2D eigenvalue weighted by atomic mass is 9.96. The molecule has 1 unspecified atom stereocenters. The van der Waals surface area contributed by atoms with Crippen LogP contribution in [0.15, 0.2) is 30.9 Å². The molecule has 2 aromatic rings. The minimum atomic E-state index is 0.0833. The van der Waals surface area contributed by atoms with Gasteiger partial charge in [-0.2, -0.15) is 5.10 Å². The maximum atomic E-state index is 12.7. The lowest BCUT2D eigenvalue weighted by Gasteiger charge is -2.34. The van der Waals surface area contributed by atoms with E-state index in [0.29, 0.717) is 5.91 Å². The summed E-state index contributed by atoms with van der Waals surface area (Å²) < 4.78 is 1.72. The van der Waals surface area contributed by atoms with Crippen LogP contribution in [0.4, 0.5) is 5.82 Å². The number of hydrogen-bond acceptors (Lipinski definition) is 5. The second-order valence-corrected chi connectivity index (χ2v) is 6.50. The highest BCUT2D eigenvalue weighted by molar-refractivity contribution is 5.80. The molecule has 7 nitrogen and oxygen atoms in total. The number of aromatic nitrogens is 4. The van der Waals surface area contributed by atoms with Crippen LogP contribution in [0.2, 0.25) is 0 Å². The number of rotatable bonds is 3. The summed E-state index contributed by atoms with van der Waals surface area (Å²) in [6.07, 6.45) is 9.44. The molecule has 1 atom stereocenters. The SMILES string of the molecule is O=C(C1CCCN(c2cc(-n3cccn3)ncn2)C1)N1CCCC1. The van der Waals surface area contributed by atoms with Crippen LogP contribution in [0.25, 0.3) is 5.82 Å². The molecule has 0 aromatic carbocycles. The van der Waals surface area contributed by atoms with E-state index >= 15 is 0 Å². The van der Waals surface area contributed by atoms with Crippen LogP contribution < -0.4 is 4.90 Å². The predicted molar refractivity (Wildman–Crippen MR) is 89.9 cm³/mol. The lowest BCUT2D eigenvalue weighted by molar-refractivity contribution is -0.134. The predicted octanol–water partition coefficient (Wildman–Crippen LogP) is 1.50. The van der Waals surface area contributed by atoms with Crippen molar-refractivity contribution in [1.82, 2.24) is 24.6 Å². The fourth-order valence-electron chi connectivity index (χ4n) is 3.62. The van der Waals surface area contributed by atoms with Gasteiger partial charge in [0.1, 0.15) is 12.1 Å². The summed E-state index contributed by atoms with van der Waals surface area (Å²) in [5.41, 5.74) is 0. The summed E-state index contributed by atoms with van der Waals surface area (Å²) in [7, 11) is 0. The second-order valence-electron chi connectivity index (χ2n) is 6.50. The standard InChI is InChI=1S/C17H22N6O/c24-17(21-7-1-2-8-21)14-5-3-9-22(12-14)15-11-16(19-13-18-15)23-10-4-6-20-23/h4,6,10-11,13-14H,1-3,5,7-9,12H2. The summed E-state index contributed by atoms with van der Waals surface area (Å²) in [4.78, 5) is 25.6. The van der Waals surface area contributed by atoms with Crippen LogP contribution in [0, 0.1) is 5.92 Å². The summed E-state index contributed by atoms with van der Waals surface area (Å²) in [6, 6.07) is 3.81. The van der Waals surface area contributed by atoms with Crippen LogP contribution in [0.3, 0.4) is 0 Å². The molecule has 0 spiro atoms. The van der Waals surface area contributed by atoms with Crippen molar-refractivity contribution in [2.75, 3.05) is 31.1 Å². The van der Waals surface area contributed by atoms with Crippen LogP contribution in [-0.2, 0) is 4.79 Å². The third-order valence-electron chi connectivity index (χ3n) is 4.89.